The first kappa shape index (κ1) is 30.6. The second kappa shape index (κ2) is 11.1. The summed E-state index contributed by atoms with van der Waals surface area (Å²) in [6.45, 7) is 2.27. The van der Waals surface area contributed by atoms with E-state index >= 15 is 0 Å². The van der Waals surface area contributed by atoms with Gasteiger partial charge in [-0.3, -0.25) is 4.57 Å². The van der Waals surface area contributed by atoms with Gasteiger partial charge in [0.25, 0.3) is 0 Å². The molecule has 0 radical (unpaired) electrons. The second-order valence-corrected chi connectivity index (χ2v) is 15.6. The van der Waals surface area contributed by atoms with Gasteiger partial charge in [0.2, 0.25) is 0 Å². The van der Waals surface area contributed by atoms with Gasteiger partial charge in [-0.25, -0.2) is 4.98 Å². The van der Waals surface area contributed by atoms with Gasteiger partial charge in [0.1, 0.15) is 37.2 Å². The number of hydrogen-bond acceptors (Lipinski definition) is 2. The van der Waals surface area contributed by atoms with Crippen LogP contribution in [0, 0.1) is 12.8 Å². The summed E-state index contributed by atoms with van der Waals surface area (Å²) in [5.41, 5.74) is 17.6. The molecule has 238 valence electrons. The Balaban J connectivity index is 1.18. The number of aromatic nitrogens is 2. The van der Waals surface area contributed by atoms with Gasteiger partial charge in [-0.05, 0) is 70.7 Å². The maximum Gasteiger partial charge on any atom is 0.145 e. The van der Waals surface area contributed by atoms with Crippen molar-refractivity contribution in [3.63, 3.8) is 0 Å². The van der Waals surface area contributed by atoms with Crippen LogP contribution in [0.3, 0.4) is 0 Å². The first-order valence-electron chi connectivity index (χ1n) is 17.9. The monoisotopic (exact) mass is 666 g/mol. The van der Waals surface area contributed by atoms with E-state index in [2.05, 4.69) is 176 Å². The minimum Gasteiger partial charge on any atom is -0.293 e. The van der Waals surface area contributed by atoms with Crippen LogP contribution in [-0.2, 0) is 5.41 Å². The molecule has 10 rings (SSSR count). The molecule has 3 aliphatic rings. The molecular weight excluding hydrogens is 632 g/mol. The minimum absolute atomic E-state index is 0.116. The molecule has 2 heterocycles. The number of para-hydroxylation sites is 2. The lowest BCUT2D eigenvalue weighted by Gasteiger charge is -2.36. The first-order chi connectivity index (χ1) is 24.9. The van der Waals surface area contributed by atoms with E-state index in [9.17, 15) is 0 Å². The second-order valence-electron chi connectivity index (χ2n) is 14.5. The Labute approximate surface area is 306 Å². The van der Waals surface area contributed by atoms with E-state index in [4.69, 9.17) is 4.98 Å². The van der Waals surface area contributed by atoms with Gasteiger partial charge in [0, 0.05) is 42.8 Å². The average Bonchev–Trinajstić information content (AvgIpc) is 3.95. The molecule has 7 aromatic rings. The predicted molar refractivity (Wildman–Crippen MR) is 231 cm³/mol. The molecular formula is C44H34B4N2S. The normalized spacial score (nSPS) is 19.1. The molecule has 0 bridgehead atoms. The summed E-state index contributed by atoms with van der Waals surface area (Å²) in [6.07, 6.45) is 16.5. The van der Waals surface area contributed by atoms with E-state index in [1.165, 1.54) is 86.7 Å². The van der Waals surface area contributed by atoms with Crippen molar-refractivity contribution in [2.75, 3.05) is 0 Å². The molecule has 51 heavy (non-hydrogen) atoms. The quantitative estimate of drug-likeness (QED) is 0.258. The lowest BCUT2D eigenvalue weighted by Crippen LogP contribution is -2.50. The molecule has 0 spiro atoms. The van der Waals surface area contributed by atoms with Crippen molar-refractivity contribution in [2.45, 2.75) is 12.3 Å². The molecule has 5 aromatic carbocycles. The Morgan fingerprint density at radius 2 is 1.51 bits per heavy atom. The zero-order chi connectivity index (χ0) is 34.6. The average molecular weight is 666 g/mol. The summed E-state index contributed by atoms with van der Waals surface area (Å²) in [4.78, 5) is 5.35. The maximum absolute atomic E-state index is 5.35. The van der Waals surface area contributed by atoms with Crippen LogP contribution in [0.2, 0.25) is 0 Å². The first-order valence-corrected chi connectivity index (χ1v) is 18.8. The van der Waals surface area contributed by atoms with Crippen molar-refractivity contribution in [2.24, 2.45) is 5.92 Å². The summed E-state index contributed by atoms with van der Waals surface area (Å²) < 4.78 is 5.10. The van der Waals surface area contributed by atoms with Crippen LogP contribution in [0.15, 0.2) is 139 Å². The van der Waals surface area contributed by atoms with Crippen molar-refractivity contribution in [1.29, 1.82) is 0 Å². The zero-order valence-electron chi connectivity index (χ0n) is 29.6. The van der Waals surface area contributed by atoms with Gasteiger partial charge in [-0.15, -0.1) is 16.8 Å². The molecule has 2 nitrogen and oxygen atoms in total. The lowest BCUT2D eigenvalue weighted by atomic mass is 9.64. The highest BCUT2D eigenvalue weighted by molar-refractivity contribution is 7.25. The van der Waals surface area contributed by atoms with Crippen LogP contribution in [0.4, 0.5) is 0 Å². The van der Waals surface area contributed by atoms with E-state index < -0.39 is 0 Å². The standard InChI is InChI=1S/C44H34B4N2S/c1-24-38(45)39(46)40(47)41(48)42(24)50-34-15-6-5-14-33(34)49-43(50)26-17-19-27(22-26)44-21-9-8-13-32(44)37(29-11-2-4-12-31(29)44)25-18-20-36-30(23-25)28-10-3-7-16-35(28)51-36/h2-23,27H,45-48H2,1H3. The molecule has 3 aliphatic carbocycles. The molecule has 0 fully saturated rings. The number of thiophene rings is 1. The van der Waals surface area contributed by atoms with E-state index in [-0.39, 0.29) is 11.3 Å². The van der Waals surface area contributed by atoms with Gasteiger partial charge < -0.3 is 0 Å². The number of benzene rings is 5. The van der Waals surface area contributed by atoms with E-state index in [0.29, 0.717) is 0 Å². The fourth-order valence-corrected chi connectivity index (χ4v) is 10.3. The Morgan fingerprint density at radius 3 is 2.41 bits per heavy atom. The van der Waals surface area contributed by atoms with Crippen molar-refractivity contribution in [1.82, 2.24) is 9.55 Å². The van der Waals surface area contributed by atoms with E-state index in [1.807, 2.05) is 11.3 Å². The minimum atomic E-state index is -0.329. The largest absolute Gasteiger partial charge is 0.293 e. The number of imidazole rings is 1. The third-order valence-corrected chi connectivity index (χ3v) is 13.3. The van der Waals surface area contributed by atoms with Crippen LogP contribution in [0.25, 0.3) is 48.0 Å². The van der Waals surface area contributed by atoms with Gasteiger partial charge in [-0.1, -0.05) is 120 Å². The summed E-state index contributed by atoms with van der Waals surface area (Å²) in [5.74, 6) is 1.12. The SMILES string of the molecule is Bc1c(B)c(B)c(-n2c(C3=CC(C45C=CC=CC4=C(c4ccc6sc7ccccc7c6c4)c4ccccc45)C=C3)nc3ccccc32)c(C)c1B. The zero-order valence-corrected chi connectivity index (χ0v) is 30.4. The fourth-order valence-electron chi connectivity index (χ4n) is 9.19. The van der Waals surface area contributed by atoms with Crippen LogP contribution in [0.1, 0.15) is 28.1 Å². The molecule has 2 atom stereocenters. The molecule has 0 N–H and O–H groups in total. The number of allylic oxidation sites excluding steroid dienone is 9. The third kappa shape index (κ3) is 4.19. The summed E-state index contributed by atoms with van der Waals surface area (Å²) >= 11 is 1.88. The number of fused-ring (bicyclic) bond motifs is 7. The van der Waals surface area contributed by atoms with Gasteiger partial charge in [0.05, 0.1) is 11.0 Å². The van der Waals surface area contributed by atoms with Crippen molar-refractivity contribution >= 4 is 107 Å². The van der Waals surface area contributed by atoms with Crippen molar-refractivity contribution < 1.29 is 0 Å². The number of rotatable bonds is 4. The van der Waals surface area contributed by atoms with Crippen molar-refractivity contribution in [3.8, 4) is 5.69 Å². The topological polar surface area (TPSA) is 17.8 Å². The molecule has 7 heteroatoms. The smallest absolute Gasteiger partial charge is 0.145 e. The Morgan fingerprint density at radius 1 is 0.745 bits per heavy atom. The van der Waals surface area contributed by atoms with E-state index in [0.717, 1.165) is 16.9 Å². The molecule has 0 saturated heterocycles. The number of hydrogen-bond donors (Lipinski definition) is 0. The molecule has 0 aliphatic heterocycles. The fraction of sp³-hybridized carbons (Fsp3) is 0.0682. The van der Waals surface area contributed by atoms with Gasteiger partial charge >= 0.3 is 0 Å². The molecule has 2 aromatic heterocycles. The summed E-state index contributed by atoms with van der Waals surface area (Å²) in [6, 6.07) is 33.6. The van der Waals surface area contributed by atoms with Gasteiger partial charge in [0.15, 0.2) is 0 Å². The van der Waals surface area contributed by atoms with Crippen LogP contribution < -0.4 is 21.9 Å². The molecule has 2 unspecified atom stereocenters. The summed E-state index contributed by atoms with van der Waals surface area (Å²) in [5, 5.41) is 2.67. The predicted octanol–water partition coefficient (Wildman–Crippen LogP) is 4.18. The highest BCUT2D eigenvalue weighted by Gasteiger charge is 2.48. The van der Waals surface area contributed by atoms with Crippen molar-refractivity contribution in [3.05, 3.63) is 167 Å². The highest BCUT2D eigenvalue weighted by atomic mass is 32.1. The van der Waals surface area contributed by atoms with Crippen LogP contribution in [0.5, 0.6) is 0 Å². The Kier molecular flexibility index (Phi) is 6.67. The Hall–Kier alpha value is -5.25. The van der Waals surface area contributed by atoms with Gasteiger partial charge in [-0.2, -0.15) is 0 Å². The molecule has 0 amide bonds. The maximum atomic E-state index is 5.35. The lowest BCUT2D eigenvalue weighted by molar-refractivity contribution is 0.555. The third-order valence-electron chi connectivity index (χ3n) is 12.1. The molecule has 0 saturated carbocycles. The highest BCUT2D eigenvalue weighted by Crippen LogP contribution is 2.57. The van der Waals surface area contributed by atoms with E-state index in [1.54, 1.807) is 0 Å². The number of nitrogens with zero attached hydrogens (tertiary/aromatic N) is 2. The van der Waals surface area contributed by atoms with Crippen LogP contribution >= 0.6 is 11.3 Å². The Bertz CT molecular complexity index is 2800. The summed E-state index contributed by atoms with van der Waals surface area (Å²) in [7, 11) is 9.04. The van der Waals surface area contributed by atoms with Crippen LogP contribution in [-0.4, -0.2) is 40.9 Å².